The van der Waals surface area contributed by atoms with Crippen LogP contribution in [-0.4, -0.2) is 18.0 Å². The third-order valence-electron chi connectivity index (χ3n) is 7.27. The zero-order chi connectivity index (χ0) is 14.6. The molecule has 3 nitrogen and oxygen atoms in total. The summed E-state index contributed by atoms with van der Waals surface area (Å²) in [4.78, 5) is 12.6. The summed E-state index contributed by atoms with van der Waals surface area (Å²) in [7, 11) is 0. The minimum absolute atomic E-state index is 0.0707. The third-order valence-corrected chi connectivity index (χ3v) is 7.27. The highest BCUT2D eigenvalue weighted by Gasteiger charge is 2.53. The summed E-state index contributed by atoms with van der Waals surface area (Å²) in [5.74, 6) is 3.16. The van der Waals surface area contributed by atoms with E-state index in [0.29, 0.717) is 11.5 Å². The van der Waals surface area contributed by atoms with E-state index in [1.165, 1.54) is 38.5 Å². The van der Waals surface area contributed by atoms with Gasteiger partial charge in [-0.15, -0.1) is 0 Å². The highest BCUT2D eigenvalue weighted by atomic mass is 16.2. The fourth-order valence-corrected chi connectivity index (χ4v) is 6.50. The van der Waals surface area contributed by atoms with Gasteiger partial charge in [-0.2, -0.15) is 0 Å². The first-order valence-electron chi connectivity index (χ1n) is 9.12. The summed E-state index contributed by atoms with van der Waals surface area (Å²) in [5.41, 5.74) is 6.51. The van der Waals surface area contributed by atoms with E-state index in [4.69, 9.17) is 5.73 Å². The second-order valence-electron chi connectivity index (χ2n) is 8.71. The van der Waals surface area contributed by atoms with Crippen LogP contribution in [0.3, 0.4) is 0 Å². The van der Waals surface area contributed by atoms with Gasteiger partial charge in [0.2, 0.25) is 5.91 Å². The monoisotopic (exact) mass is 290 g/mol. The molecular formula is C18H30N2O. The molecule has 0 aliphatic heterocycles. The lowest BCUT2D eigenvalue weighted by Gasteiger charge is -2.59. The Bertz CT molecular complexity index is 398. The molecule has 3 heteroatoms. The molecular weight excluding hydrogens is 260 g/mol. The van der Waals surface area contributed by atoms with Crippen molar-refractivity contribution in [3.05, 3.63) is 0 Å². The Morgan fingerprint density at radius 3 is 2.14 bits per heavy atom. The van der Waals surface area contributed by atoms with Crippen LogP contribution in [0.4, 0.5) is 0 Å². The van der Waals surface area contributed by atoms with Gasteiger partial charge in [-0.1, -0.05) is 6.42 Å². The van der Waals surface area contributed by atoms with Gasteiger partial charge in [-0.25, -0.2) is 0 Å². The summed E-state index contributed by atoms with van der Waals surface area (Å²) in [5, 5.41) is 3.39. The van der Waals surface area contributed by atoms with Crippen molar-refractivity contribution < 1.29 is 4.79 Å². The summed E-state index contributed by atoms with van der Waals surface area (Å²) in [6.45, 7) is 2.27. The quantitative estimate of drug-likeness (QED) is 0.840. The number of hydrogen-bond donors (Lipinski definition) is 2. The fraction of sp³-hybridized carbons (Fsp3) is 0.944. The Balaban J connectivity index is 1.45. The molecule has 5 rings (SSSR count). The number of carbonyl (C=O) groups excluding carboxylic acids is 1. The predicted molar refractivity (Wildman–Crippen MR) is 83.5 cm³/mol. The fourth-order valence-electron chi connectivity index (χ4n) is 6.50. The molecule has 3 N–H and O–H groups in total. The molecule has 0 spiro atoms. The summed E-state index contributed by atoms with van der Waals surface area (Å²) in [6, 6.07) is 0.430. The minimum Gasteiger partial charge on any atom is -0.353 e. The average molecular weight is 290 g/mol. The van der Waals surface area contributed by atoms with Gasteiger partial charge in [0.15, 0.2) is 0 Å². The van der Waals surface area contributed by atoms with E-state index in [2.05, 4.69) is 12.2 Å². The van der Waals surface area contributed by atoms with Crippen molar-refractivity contribution >= 4 is 5.91 Å². The molecule has 3 unspecified atom stereocenters. The summed E-state index contributed by atoms with van der Waals surface area (Å²) >= 11 is 0. The zero-order valence-electron chi connectivity index (χ0n) is 13.3. The Hall–Kier alpha value is -0.570. The van der Waals surface area contributed by atoms with E-state index in [-0.39, 0.29) is 17.9 Å². The average Bonchev–Trinajstić information content (AvgIpc) is 2.83. The van der Waals surface area contributed by atoms with E-state index in [1.54, 1.807) is 0 Å². The van der Waals surface area contributed by atoms with Gasteiger partial charge in [0.1, 0.15) is 0 Å². The highest BCUT2D eigenvalue weighted by molar-refractivity contribution is 5.80. The molecule has 0 heterocycles. The van der Waals surface area contributed by atoms with Crippen molar-refractivity contribution in [1.82, 2.24) is 5.32 Å². The number of nitrogens with two attached hydrogens (primary N) is 1. The van der Waals surface area contributed by atoms with Crippen LogP contribution in [0.25, 0.3) is 0 Å². The topological polar surface area (TPSA) is 55.1 Å². The molecule has 5 fully saturated rings. The number of nitrogens with one attached hydrogen (secondary N) is 1. The molecule has 0 aromatic heterocycles. The van der Waals surface area contributed by atoms with Crippen LogP contribution < -0.4 is 11.1 Å². The maximum atomic E-state index is 12.6. The van der Waals surface area contributed by atoms with Gasteiger partial charge in [0, 0.05) is 12.1 Å². The molecule has 0 aromatic carbocycles. The van der Waals surface area contributed by atoms with E-state index in [0.717, 1.165) is 37.0 Å². The van der Waals surface area contributed by atoms with Gasteiger partial charge < -0.3 is 11.1 Å². The summed E-state index contributed by atoms with van der Waals surface area (Å²) < 4.78 is 0. The second kappa shape index (κ2) is 4.97. The van der Waals surface area contributed by atoms with Crippen molar-refractivity contribution in [2.24, 2.45) is 34.8 Å². The van der Waals surface area contributed by atoms with Gasteiger partial charge >= 0.3 is 0 Å². The first-order valence-corrected chi connectivity index (χ1v) is 9.12. The van der Waals surface area contributed by atoms with Gasteiger partial charge in [0.25, 0.3) is 0 Å². The molecule has 118 valence electrons. The molecule has 3 atom stereocenters. The Labute approximate surface area is 128 Å². The molecule has 0 radical (unpaired) electrons. The lowest BCUT2D eigenvalue weighted by atomic mass is 9.48. The van der Waals surface area contributed by atoms with E-state index in [1.807, 2.05) is 0 Å². The largest absolute Gasteiger partial charge is 0.353 e. The molecule has 21 heavy (non-hydrogen) atoms. The molecule has 0 aromatic rings. The van der Waals surface area contributed by atoms with E-state index >= 15 is 0 Å². The van der Waals surface area contributed by atoms with Crippen molar-refractivity contribution in [3.63, 3.8) is 0 Å². The molecule has 5 aliphatic carbocycles. The number of carbonyl (C=O) groups is 1. The second-order valence-corrected chi connectivity index (χ2v) is 8.71. The molecule has 4 bridgehead atoms. The van der Waals surface area contributed by atoms with Crippen molar-refractivity contribution in [3.8, 4) is 0 Å². The van der Waals surface area contributed by atoms with Crippen molar-refractivity contribution in [2.45, 2.75) is 76.8 Å². The van der Waals surface area contributed by atoms with Crippen LogP contribution in [0.5, 0.6) is 0 Å². The van der Waals surface area contributed by atoms with Crippen LogP contribution >= 0.6 is 0 Å². The smallest absolute Gasteiger partial charge is 0.224 e. The van der Waals surface area contributed by atoms with Crippen molar-refractivity contribution in [2.75, 3.05) is 0 Å². The first kappa shape index (κ1) is 14.0. The van der Waals surface area contributed by atoms with Crippen LogP contribution in [0.15, 0.2) is 0 Å². The number of rotatable bonds is 3. The van der Waals surface area contributed by atoms with Gasteiger partial charge in [0.05, 0.1) is 5.92 Å². The standard InChI is InChI=1S/C18H30N2O/c1-11(20-17(21)15-3-2-4-16(15)19)18-8-12-5-13(9-18)7-14(6-12)10-18/h11-16H,2-10,19H2,1H3,(H,20,21). The lowest BCUT2D eigenvalue weighted by molar-refractivity contribution is -0.129. The Kier molecular flexibility index (Phi) is 3.33. The van der Waals surface area contributed by atoms with E-state index in [9.17, 15) is 4.79 Å². The van der Waals surface area contributed by atoms with Crippen LogP contribution in [0.2, 0.25) is 0 Å². The number of hydrogen-bond acceptors (Lipinski definition) is 2. The normalized spacial score (nSPS) is 49.3. The minimum atomic E-state index is 0.0707. The first-order chi connectivity index (χ1) is 10.1. The maximum absolute atomic E-state index is 12.6. The van der Waals surface area contributed by atoms with Gasteiger partial charge in [-0.3, -0.25) is 4.79 Å². The van der Waals surface area contributed by atoms with E-state index < -0.39 is 0 Å². The predicted octanol–water partition coefficient (Wildman–Crippen LogP) is 2.83. The Morgan fingerprint density at radius 1 is 1.10 bits per heavy atom. The van der Waals surface area contributed by atoms with Gasteiger partial charge in [-0.05, 0) is 81.5 Å². The highest BCUT2D eigenvalue weighted by Crippen LogP contribution is 2.61. The molecule has 1 amide bonds. The molecule has 5 aliphatic rings. The molecule has 5 saturated carbocycles. The third kappa shape index (κ3) is 2.32. The summed E-state index contributed by atoms with van der Waals surface area (Å²) in [6.07, 6.45) is 11.6. The van der Waals surface area contributed by atoms with Crippen molar-refractivity contribution in [1.29, 1.82) is 0 Å². The maximum Gasteiger partial charge on any atom is 0.224 e. The Morgan fingerprint density at radius 2 is 1.67 bits per heavy atom. The van der Waals surface area contributed by atoms with Crippen LogP contribution in [0.1, 0.15) is 64.7 Å². The SMILES string of the molecule is CC(NC(=O)C1CCCC1N)C12CC3CC(CC(C3)C1)C2. The van der Waals surface area contributed by atoms with Crippen LogP contribution in [0, 0.1) is 29.1 Å². The zero-order valence-corrected chi connectivity index (χ0v) is 13.3. The number of amides is 1. The molecule has 0 saturated heterocycles. The lowest BCUT2D eigenvalue weighted by Crippen LogP contribution is -2.57. The van der Waals surface area contributed by atoms with Crippen LogP contribution in [-0.2, 0) is 4.79 Å².